The van der Waals surface area contributed by atoms with Gasteiger partial charge in [-0.05, 0) is 61.4 Å². The van der Waals surface area contributed by atoms with Crippen LogP contribution in [0.3, 0.4) is 0 Å². The molecule has 0 bridgehead atoms. The minimum Gasteiger partial charge on any atom is -0.508 e. The topological polar surface area (TPSA) is 53.0 Å². The smallest absolute Gasteiger partial charge is 0.410 e. The van der Waals surface area contributed by atoms with Crippen molar-refractivity contribution in [2.75, 3.05) is 26.7 Å². The van der Waals surface area contributed by atoms with E-state index < -0.39 is 0 Å². The highest BCUT2D eigenvalue weighted by Crippen LogP contribution is 2.50. The zero-order valence-corrected chi connectivity index (χ0v) is 19.0. The first kappa shape index (κ1) is 22.4. The second kappa shape index (κ2) is 9.78. The molecule has 1 amide bonds. The van der Waals surface area contributed by atoms with Gasteiger partial charge in [-0.1, -0.05) is 48.5 Å². The lowest BCUT2D eigenvalue weighted by Gasteiger charge is -2.54. The van der Waals surface area contributed by atoms with Gasteiger partial charge in [0.2, 0.25) is 0 Å². The number of carbonyl (C=O) groups excluding carboxylic acids is 1. The molecule has 1 aliphatic heterocycles. The molecule has 170 valence electrons. The number of hydrogen-bond donors (Lipinski definition) is 1. The summed E-state index contributed by atoms with van der Waals surface area (Å²) in [5.41, 5.74) is 2.13. The number of hydrogen-bond acceptors (Lipinski definition) is 4. The molecular formula is C27H34N2O3. The van der Waals surface area contributed by atoms with E-state index in [1.54, 1.807) is 11.0 Å². The largest absolute Gasteiger partial charge is 0.508 e. The summed E-state index contributed by atoms with van der Waals surface area (Å²) in [6.45, 7) is 7.11. The Bertz CT molecular complexity index is 932. The highest BCUT2D eigenvalue weighted by atomic mass is 16.6. The lowest BCUT2D eigenvalue weighted by Crippen LogP contribution is -2.56. The van der Waals surface area contributed by atoms with E-state index in [-0.39, 0.29) is 24.2 Å². The SMILES string of the molecule is C=CCN1CC[C@@]2(c3cccc(O)c3)C[C@H](N(C)C(=O)OCc3ccccc3)CC[C@@H]2C1. The van der Waals surface area contributed by atoms with Crippen LogP contribution >= 0.6 is 0 Å². The Balaban J connectivity index is 1.51. The number of likely N-dealkylation sites (tertiary alicyclic amines) is 1. The van der Waals surface area contributed by atoms with E-state index in [4.69, 9.17) is 4.74 Å². The number of nitrogens with zero attached hydrogens (tertiary/aromatic N) is 2. The van der Waals surface area contributed by atoms with Gasteiger partial charge in [-0.25, -0.2) is 4.79 Å². The molecule has 1 saturated heterocycles. The van der Waals surface area contributed by atoms with E-state index in [1.165, 1.54) is 5.56 Å². The molecule has 1 saturated carbocycles. The summed E-state index contributed by atoms with van der Waals surface area (Å²) in [7, 11) is 1.86. The average Bonchev–Trinajstić information content (AvgIpc) is 2.82. The van der Waals surface area contributed by atoms with Crippen LogP contribution in [0.4, 0.5) is 4.79 Å². The minimum absolute atomic E-state index is 0.0483. The molecule has 5 heteroatoms. The Morgan fingerprint density at radius 1 is 1.25 bits per heavy atom. The van der Waals surface area contributed by atoms with E-state index in [9.17, 15) is 9.90 Å². The van der Waals surface area contributed by atoms with E-state index in [0.29, 0.717) is 11.7 Å². The molecule has 2 aliphatic rings. The Hall–Kier alpha value is -2.79. The molecule has 4 rings (SSSR count). The minimum atomic E-state index is -0.271. The zero-order chi connectivity index (χ0) is 22.6. The van der Waals surface area contributed by atoms with Crippen LogP contribution in [0.2, 0.25) is 0 Å². The second-order valence-corrected chi connectivity index (χ2v) is 9.29. The molecule has 0 aromatic heterocycles. The number of piperidine rings is 1. The fourth-order valence-corrected chi connectivity index (χ4v) is 5.65. The van der Waals surface area contributed by atoms with Crippen LogP contribution < -0.4 is 0 Å². The highest BCUT2D eigenvalue weighted by Gasteiger charge is 2.49. The molecule has 1 N–H and O–H groups in total. The van der Waals surface area contributed by atoms with Gasteiger partial charge in [0, 0.05) is 31.6 Å². The highest BCUT2D eigenvalue weighted by molar-refractivity contribution is 5.67. The Morgan fingerprint density at radius 3 is 2.81 bits per heavy atom. The second-order valence-electron chi connectivity index (χ2n) is 9.29. The molecule has 2 fully saturated rings. The fourth-order valence-electron chi connectivity index (χ4n) is 5.65. The van der Waals surface area contributed by atoms with E-state index in [1.807, 2.05) is 55.6 Å². The van der Waals surface area contributed by atoms with Crippen LogP contribution in [0.1, 0.15) is 36.8 Å². The Labute approximate surface area is 191 Å². The quantitative estimate of drug-likeness (QED) is 0.653. The molecule has 1 aliphatic carbocycles. The van der Waals surface area contributed by atoms with Crippen molar-refractivity contribution in [1.29, 1.82) is 0 Å². The number of benzene rings is 2. The Morgan fingerprint density at radius 2 is 2.06 bits per heavy atom. The van der Waals surface area contributed by atoms with Crippen LogP contribution in [0.25, 0.3) is 0 Å². The van der Waals surface area contributed by atoms with Gasteiger partial charge < -0.3 is 14.7 Å². The first-order chi connectivity index (χ1) is 15.5. The fraction of sp³-hybridized carbons (Fsp3) is 0.444. The third-order valence-corrected chi connectivity index (χ3v) is 7.43. The van der Waals surface area contributed by atoms with E-state index >= 15 is 0 Å². The number of phenolic OH excluding ortho intramolecular Hbond substituents is 1. The average molecular weight is 435 g/mol. The van der Waals surface area contributed by atoms with Gasteiger partial charge in [-0.2, -0.15) is 0 Å². The third kappa shape index (κ3) is 4.68. The predicted molar refractivity (Wildman–Crippen MR) is 127 cm³/mol. The number of carbonyl (C=O) groups is 1. The molecule has 2 aromatic rings. The molecule has 1 heterocycles. The zero-order valence-electron chi connectivity index (χ0n) is 19.0. The summed E-state index contributed by atoms with van der Waals surface area (Å²) < 4.78 is 5.61. The number of phenols is 1. The molecule has 32 heavy (non-hydrogen) atoms. The van der Waals surface area contributed by atoms with Crippen molar-refractivity contribution in [3.05, 3.63) is 78.4 Å². The molecule has 0 radical (unpaired) electrons. The van der Waals surface area contributed by atoms with E-state index in [2.05, 4.69) is 17.5 Å². The van der Waals surface area contributed by atoms with Crippen LogP contribution in [-0.4, -0.2) is 53.7 Å². The predicted octanol–water partition coefficient (Wildman–Crippen LogP) is 4.96. The van der Waals surface area contributed by atoms with Crippen molar-refractivity contribution in [1.82, 2.24) is 9.80 Å². The normalized spacial score (nSPS) is 25.5. The van der Waals surface area contributed by atoms with Crippen LogP contribution in [0.15, 0.2) is 67.3 Å². The summed E-state index contributed by atoms with van der Waals surface area (Å²) >= 11 is 0. The van der Waals surface area contributed by atoms with Gasteiger partial charge in [0.1, 0.15) is 12.4 Å². The molecule has 5 nitrogen and oxygen atoms in total. The number of ether oxygens (including phenoxy) is 1. The van der Waals surface area contributed by atoms with Gasteiger partial charge in [0.15, 0.2) is 0 Å². The lowest BCUT2D eigenvalue weighted by molar-refractivity contribution is 0.0183. The van der Waals surface area contributed by atoms with Gasteiger partial charge in [0.05, 0.1) is 0 Å². The summed E-state index contributed by atoms with van der Waals surface area (Å²) in [5.74, 6) is 0.796. The third-order valence-electron chi connectivity index (χ3n) is 7.43. The van der Waals surface area contributed by atoms with Crippen LogP contribution in [0.5, 0.6) is 5.75 Å². The standard InChI is InChI=1S/C27H34N2O3/c1-3-15-29-16-14-27(22-10-7-11-25(30)17-22)18-24(13-12-23(27)19-29)28(2)26(31)32-20-21-8-5-4-6-9-21/h3-11,17,23-24,30H,1,12-16,18-20H2,2H3/t23-,24-,27+/m1/s1. The Kier molecular flexibility index (Phi) is 6.85. The summed E-state index contributed by atoms with van der Waals surface area (Å²) in [6, 6.07) is 17.6. The van der Waals surface area contributed by atoms with Gasteiger partial charge in [0.25, 0.3) is 0 Å². The lowest BCUT2D eigenvalue weighted by atomic mass is 9.58. The van der Waals surface area contributed by atoms with Crippen molar-refractivity contribution in [3.8, 4) is 5.75 Å². The van der Waals surface area contributed by atoms with Crippen molar-refractivity contribution in [2.45, 2.75) is 43.7 Å². The number of aromatic hydroxyl groups is 1. The van der Waals surface area contributed by atoms with Gasteiger partial charge in [-0.3, -0.25) is 4.90 Å². The molecule has 0 unspecified atom stereocenters. The van der Waals surface area contributed by atoms with Crippen molar-refractivity contribution < 1.29 is 14.6 Å². The van der Waals surface area contributed by atoms with E-state index in [0.717, 1.165) is 50.9 Å². The first-order valence-electron chi connectivity index (χ1n) is 11.6. The number of fused-ring (bicyclic) bond motifs is 1. The monoisotopic (exact) mass is 434 g/mol. The van der Waals surface area contributed by atoms with Crippen molar-refractivity contribution in [2.24, 2.45) is 5.92 Å². The maximum absolute atomic E-state index is 12.9. The first-order valence-corrected chi connectivity index (χ1v) is 11.6. The number of amides is 1. The maximum Gasteiger partial charge on any atom is 0.410 e. The molecular weight excluding hydrogens is 400 g/mol. The summed E-state index contributed by atoms with van der Waals surface area (Å²) in [4.78, 5) is 17.1. The maximum atomic E-state index is 12.9. The van der Waals surface area contributed by atoms with Gasteiger partial charge in [-0.15, -0.1) is 6.58 Å². The molecule has 2 aromatic carbocycles. The summed E-state index contributed by atoms with van der Waals surface area (Å²) in [6.07, 6.45) is 5.61. The molecule has 0 spiro atoms. The van der Waals surface area contributed by atoms with Crippen molar-refractivity contribution in [3.63, 3.8) is 0 Å². The molecule has 3 atom stereocenters. The van der Waals surface area contributed by atoms with Crippen LogP contribution in [-0.2, 0) is 16.8 Å². The number of rotatable bonds is 6. The van der Waals surface area contributed by atoms with Gasteiger partial charge >= 0.3 is 6.09 Å². The van der Waals surface area contributed by atoms with Crippen LogP contribution in [0, 0.1) is 5.92 Å². The summed E-state index contributed by atoms with van der Waals surface area (Å²) in [5, 5.41) is 10.2. The van der Waals surface area contributed by atoms with Crippen molar-refractivity contribution >= 4 is 6.09 Å².